The highest BCUT2D eigenvalue weighted by Gasteiger charge is 2.25. The lowest BCUT2D eigenvalue weighted by Crippen LogP contribution is -2.44. The number of nitrogens with one attached hydrogen (secondary N) is 1. The molecular formula is C23H30ClN3O. The lowest BCUT2D eigenvalue weighted by molar-refractivity contribution is -0.120. The maximum absolute atomic E-state index is 12.9. The van der Waals surface area contributed by atoms with Gasteiger partial charge in [-0.05, 0) is 56.5 Å². The molecule has 5 heteroatoms. The van der Waals surface area contributed by atoms with Crippen molar-refractivity contribution in [2.45, 2.75) is 39.8 Å². The number of aryl methyl sites for hydroxylation is 2. The van der Waals surface area contributed by atoms with E-state index in [0.717, 1.165) is 56.0 Å². The summed E-state index contributed by atoms with van der Waals surface area (Å²) in [4.78, 5) is 17.6. The highest BCUT2D eigenvalue weighted by atomic mass is 35.5. The molecule has 0 bridgehead atoms. The van der Waals surface area contributed by atoms with Crippen LogP contribution in [0.25, 0.3) is 0 Å². The van der Waals surface area contributed by atoms with Gasteiger partial charge in [0.25, 0.3) is 0 Å². The molecule has 0 saturated carbocycles. The van der Waals surface area contributed by atoms with Gasteiger partial charge in [-0.3, -0.25) is 14.6 Å². The molecule has 1 N–H and O–H groups in total. The van der Waals surface area contributed by atoms with Gasteiger partial charge in [-0.15, -0.1) is 0 Å². The fraction of sp³-hybridized carbons (Fsp3) is 0.435. The van der Waals surface area contributed by atoms with Gasteiger partial charge >= 0.3 is 0 Å². The van der Waals surface area contributed by atoms with E-state index in [1.807, 2.05) is 32.9 Å². The first-order valence-electron chi connectivity index (χ1n) is 10.0. The first-order chi connectivity index (χ1) is 13.4. The monoisotopic (exact) mass is 399 g/mol. The molecule has 1 aliphatic heterocycles. The summed E-state index contributed by atoms with van der Waals surface area (Å²) in [6.45, 7) is 10.8. The molecule has 0 aromatic heterocycles. The van der Waals surface area contributed by atoms with Gasteiger partial charge in [-0.1, -0.05) is 48.0 Å². The lowest BCUT2D eigenvalue weighted by atomic mass is 10.1. The molecule has 1 fully saturated rings. The summed E-state index contributed by atoms with van der Waals surface area (Å²) in [5.41, 5.74) is 4.16. The smallest absolute Gasteiger partial charge is 0.241 e. The average molecular weight is 400 g/mol. The van der Waals surface area contributed by atoms with E-state index < -0.39 is 0 Å². The molecule has 28 heavy (non-hydrogen) atoms. The van der Waals surface area contributed by atoms with Crippen molar-refractivity contribution in [2.24, 2.45) is 0 Å². The Morgan fingerprint density at radius 3 is 2.57 bits per heavy atom. The number of carbonyl (C=O) groups excluding carboxylic acids is 1. The summed E-state index contributed by atoms with van der Waals surface area (Å²) in [5.74, 6) is 0.00497. The molecule has 4 nitrogen and oxygen atoms in total. The topological polar surface area (TPSA) is 35.6 Å². The third-order valence-electron chi connectivity index (χ3n) is 5.48. The first-order valence-corrected chi connectivity index (χ1v) is 10.4. The van der Waals surface area contributed by atoms with E-state index >= 15 is 0 Å². The average Bonchev–Trinajstić information content (AvgIpc) is 2.90. The number of amides is 1. The van der Waals surface area contributed by atoms with Crippen molar-refractivity contribution >= 4 is 23.2 Å². The van der Waals surface area contributed by atoms with E-state index in [2.05, 4.69) is 45.4 Å². The second kappa shape index (κ2) is 9.55. The van der Waals surface area contributed by atoms with E-state index in [0.29, 0.717) is 5.02 Å². The molecule has 1 atom stereocenters. The zero-order valence-electron chi connectivity index (χ0n) is 17.0. The van der Waals surface area contributed by atoms with Crippen molar-refractivity contribution in [3.05, 3.63) is 64.2 Å². The van der Waals surface area contributed by atoms with Crippen molar-refractivity contribution in [3.63, 3.8) is 0 Å². The molecule has 1 aliphatic rings. The van der Waals surface area contributed by atoms with E-state index in [9.17, 15) is 4.79 Å². The van der Waals surface area contributed by atoms with Gasteiger partial charge in [0.1, 0.15) is 0 Å². The van der Waals surface area contributed by atoms with Crippen molar-refractivity contribution in [1.82, 2.24) is 9.80 Å². The standard InChI is InChI=1S/C23H30ClN3O/c1-17-14-18(2)22(21(24)15-17)25-23(28)19(3)27-11-7-10-26(12-13-27)16-20-8-5-4-6-9-20/h4-6,8-9,14-15,19H,7,10-13,16H2,1-3H3,(H,25,28). The SMILES string of the molecule is Cc1cc(C)c(NC(=O)C(C)N2CCCN(Cc3ccccc3)CC2)c(Cl)c1. The van der Waals surface area contributed by atoms with Gasteiger partial charge in [0.2, 0.25) is 5.91 Å². The Hall–Kier alpha value is -1.88. The largest absolute Gasteiger partial charge is 0.323 e. The molecule has 1 heterocycles. The third-order valence-corrected chi connectivity index (χ3v) is 5.78. The van der Waals surface area contributed by atoms with Gasteiger partial charge in [0.15, 0.2) is 0 Å². The van der Waals surface area contributed by atoms with Crippen LogP contribution in [0, 0.1) is 13.8 Å². The number of carbonyl (C=O) groups is 1. The van der Waals surface area contributed by atoms with E-state index in [1.54, 1.807) is 0 Å². The van der Waals surface area contributed by atoms with Crippen LogP contribution in [0.2, 0.25) is 5.02 Å². The lowest BCUT2D eigenvalue weighted by Gasteiger charge is -2.27. The minimum atomic E-state index is -0.187. The molecule has 1 unspecified atom stereocenters. The predicted octanol–water partition coefficient (Wildman–Crippen LogP) is 4.49. The fourth-order valence-corrected chi connectivity index (χ4v) is 4.21. The second-order valence-corrected chi connectivity index (χ2v) is 8.16. The summed E-state index contributed by atoms with van der Waals surface area (Å²) in [5, 5.41) is 3.65. The Labute approximate surface area is 173 Å². The number of anilines is 1. The van der Waals surface area contributed by atoms with Crippen LogP contribution >= 0.6 is 11.6 Å². The fourth-order valence-electron chi connectivity index (χ4n) is 3.85. The predicted molar refractivity (Wildman–Crippen MR) is 117 cm³/mol. The molecule has 0 spiro atoms. The van der Waals surface area contributed by atoms with Gasteiger partial charge < -0.3 is 5.32 Å². The quantitative estimate of drug-likeness (QED) is 0.804. The Bertz CT molecular complexity index is 786. The van der Waals surface area contributed by atoms with Crippen LogP contribution in [0.1, 0.15) is 30.0 Å². The molecule has 2 aromatic carbocycles. The number of benzene rings is 2. The highest BCUT2D eigenvalue weighted by Crippen LogP contribution is 2.27. The molecule has 1 amide bonds. The van der Waals surface area contributed by atoms with Crippen LogP contribution < -0.4 is 5.32 Å². The van der Waals surface area contributed by atoms with Crippen molar-refractivity contribution in [3.8, 4) is 0 Å². The number of halogens is 1. The highest BCUT2D eigenvalue weighted by molar-refractivity contribution is 6.34. The maximum atomic E-state index is 12.9. The second-order valence-electron chi connectivity index (χ2n) is 7.76. The van der Waals surface area contributed by atoms with E-state index in [4.69, 9.17) is 11.6 Å². The third kappa shape index (κ3) is 5.34. The van der Waals surface area contributed by atoms with E-state index in [-0.39, 0.29) is 11.9 Å². The van der Waals surface area contributed by atoms with Crippen LogP contribution in [0.15, 0.2) is 42.5 Å². The Kier molecular flexibility index (Phi) is 7.11. The minimum Gasteiger partial charge on any atom is -0.323 e. The summed E-state index contributed by atoms with van der Waals surface area (Å²) in [6.07, 6.45) is 1.06. The zero-order chi connectivity index (χ0) is 20.1. The zero-order valence-corrected chi connectivity index (χ0v) is 17.8. The summed E-state index contributed by atoms with van der Waals surface area (Å²) in [6, 6.07) is 14.3. The van der Waals surface area contributed by atoms with Crippen LogP contribution in [-0.4, -0.2) is 47.9 Å². The molecule has 0 aliphatic carbocycles. The minimum absolute atomic E-state index is 0.00497. The van der Waals surface area contributed by atoms with Crippen LogP contribution in [0.5, 0.6) is 0 Å². The normalized spacial score (nSPS) is 17.1. The van der Waals surface area contributed by atoms with Gasteiger partial charge in [-0.2, -0.15) is 0 Å². The number of rotatable bonds is 5. The summed E-state index contributed by atoms with van der Waals surface area (Å²) in [7, 11) is 0. The van der Waals surface area contributed by atoms with Gasteiger partial charge in [0, 0.05) is 26.2 Å². The molecule has 1 saturated heterocycles. The van der Waals surface area contributed by atoms with Crippen molar-refractivity contribution in [2.75, 3.05) is 31.5 Å². The first kappa shape index (κ1) is 20.8. The molecule has 3 rings (SSSR count). The molecule has 2 aromatic rings. The molecule has 150 valence electrons. The maximum Gasteiger partial charge on any atom is 0.241 e. The summed E-state index contributed by atoms with van der Waals surface area (Å²) >= 11 is 6.36. The summed E-state index contributed by atoms with van der Waals surface area (Å²) < 4.78 is 0. The number of nitrogens with zero attached hydrogens (tertiary/aromatic N) is 2. The Balaban J connectivity index is 1.58. The van der Waals surface area contributed by atoms with Gasteiger partial charge in [-0.25, -0.2) is 0 Å². The Morgan fingerprint density at radius 1 is 1.11 bits per heavy atom. The van der Waals surface area contributed by atoms with Crippen LogP contribution in [0.3, 0.4) is 0 Å². The number of hydrogen-bond acceptors (Lipinski definition) is 3. The van der Waals surface area contributed by atoms with Crippen LogP contribution in [-0.2, 0) is 11.3 Å². The van der Waals surface area contributed by atoms with E-state index in [1.165, 1.54) is 5.56 Å². The van der Waals surface area contributed by atoms with Crippen molar-refractivity contribution < 1.29 is 4.79 Å². The Morgan fingerprint density at radius 2 is 1.86 bits per heavy atom. The van der Waals surface area contributed by atoms with Crippen molar-refractivity contribution in [1.29, 1.82) is 0 Å². The van der Waals surface area contributed by atoms with Crippen LogP contribution in [0.4, 0.5) is 5.69 Å². The number of hydrogen-bond donors (Lipinski definition) is 1. The van der Waals surface area contributed by atoms with Gasteiger partial charge in [0.05, 0.1) is 16.8 Å². The molecule has 0 radical (unpaired) electrons. The molecular weight excluding hydrogens is 370 g/mol.